The van der Waals surface area contributed by atoms with Gasteiger partial charge >= 0.3 is 5.97 Å². The first kappa shape index (κ1) is 15.3. The standard InChI is InChI=1S/C19H12ClFO2/c20-17-9-4-10-18(21)16(17)11-15(19(22)23)14-8-3-6-12-5-1-2-7-13(12)14/h1-11H,(H,22,23)/b15-11-. The molecule has 0 aliphatic rings. The van der Waals surface area contributed by atoms with Crippen LogP contribution < -0.4 is 0 Å². The molecule has 0 aromatic heterocycles. The summed E-state index contributed by atoms with van der Waals surface area (Å²) in [7, 11) is 0. The molecule has 4 heteroatoms. The third-order valence-electron chi connectivity index (χ3n) is 3.60. The van der Waals surface area contributed by atoms with Crippen molar-refractivity contribution in [3.63, 3.8) is 0 Å². The van der Waals surface area contributed by atoms with Gasteiger partial charge in [-0.1, -0.05) is 60.1 Å². The van der Waals surface area contributed by atoms with Crippen molar-refractivity contribution < 1.29 is 14.3 Å². The lowest BCUT2D eigenvalue weighted by Crippen LogP contribution is -2.01. The summed E-state index contributed by atoms with van der Waals surface area (Å²) in [4.78, 5) is 11.7. The van der Waals surface area contributed by atoms with Crippen molar-refractivity contribution in [1.29, 1.82) is 0 Å². The zero-order chi connectivity index (χ0) is 16.4. The van der Waals surface area contributed by atoms with Crippen LogP contribution in [0.4, 0.5) is 4.39 Å². The molecule has 3 rings (SSSR count). The molecule has 0 unspecified atom stereocenters. The van der Waals surface area contributed by atoms with Crippen molar-refractivity contribution in [2.24, 2.45) is 0 Å². The summed E-state index contributed by atoms with van der Waals surface area (Å²) in [5.41, 5.74) is 0.586. The second-order valence-corrected chi connectivity index (χ2v) is 5.43. The van der Waals surface area contributed by atoms with Gasteiger partial charge in [-0.05, 0) is 34.5 Å². The van der Waals surface area contributed by atoms with Gasteiger partial charge in [-0.25, -0.2) is 9.18 Å². The van der Waals surface area contributed by atoms with Crippen molar-refractivity contribution in [3.8, 4) is 0 Å². The van der Waals surface area contributed by atoms with Crippen LogP contribution in [-0.4, -0.2) is 11.1 Å². The maximum absolute atomic E-state index is 14.0. The minimum atomic E-state index is -1.14. The first-order valence-corrected chi connectivity index (χ1v) is 7.33. The summed E-state index contributed by atoms with van der Waals surface area (Å²) in [6.07, 6.45) is 1.28. The van der Waals surface area contributed by atoms with Gasteiger partial charge in [-0.3, -0.25) is 0 Å². The second-order valence-electron chi connectivity index (χ2n) is 5.03. The van der Waals surface area contributed by atoms with E-state index in [-0.39, 0.29) is 16.2 Å². The highest BCUT2D eigenvalue weighted by molar-refractivity contribution is 6.33. The van der Waals surface area contributed by atoms with E-state index in [1.807, 2.05) is 30.3 Å². The van der Waals surface area contributed by atoms with E-state index >= 15 is 0 Å². The zero-order valence-electron chi connectivity index (χ0n) is 12.0. The van der Waals surface area contributed by atoms with E-state index < -0.39 is 11.8 Å². The Morgan fingerprint density at radius 3 is 2.43 bits per heavy atom. The topological polar surface area (TPSA) is 37.3 Å². The normalized spacial score (nSPS) is 11.7. The van der Waals surface area contributed by atoms with E-state index in [0.717, 1.165) is 10.8 Å². The number of halogens is 2. The van der Waals surface area contributed by atoms with Crippen LogP contribution in [0.2, 0.25) is 5.02 Å². The molecule has 0 radical (unpaired) electrons. The molecule has 114 valence electrons. The molecule has 0 spiro atoms. The van der Waals surface area contributed by atoms with Crippen molar-refractivity contribution in [2.45, 2.75) is 0 Å². The molecule has 0 heterocycles. The molecular formula is C19H12ClFO2. The Balaban J connectivity index is 2.27. The van der Waals surface area contributed by atoms with E-state index in [9.17, 15) is 14.3 Å². The molecular weight excluding hydrogens is 315 g/mol. The van der Waals surface area contributed by atoms with Crippen LogP contribution in [0, 0.1) is 5.82 Å². The highest BCUT2D eigenvalue weighted by Gasteiger charge is 2.15. The highest BCUT2D eigenvalue weighted by Crippen LogP contribution is 2.29. The molecule has 0 aliphatic carbocycles. The Labute approximate surface area is 137 Å². The number of carbonyl (C=O) groups is 1. The van der Waals surface area contributed by atoms with Gasteiger partial charge in [0, 0.05) is 5.56 Å². The van der Waals surface area contributed by atoms with Gasteiger partial charge in [0.2, 0.25) is 0 Å². The van der Waals surface area contributed by atoms with Crippen molar-refractivity contribution >= 4 is 40.0 Å². The quantitative estimate of drug-likeness (QED) is 0.526. The number of benzene rings is 3. The summed E-state index contributed by atoms with van der Waals surface area (Å²) >= 11 is 6.01. The minimum Gasteiger partial charge on any atom is -0.478 e. The largest absolute Gasteiger partial charge is 0.478 e. The van der Waals surface area contributed by atoms with Gasteiger partial charge < -0.3 is 5.11 Å². The van der Waals surface area contributed by atoms with Crippen molar-refractivity contribution in [3.05, 3.63) is 82.6 Å². The third-order valence-corrected chi connectivity index (χ3v) is 3.93. The molecule has 3 aromatic carbocycles. The molecule has 23 heavy (non-hydrogen) atoms. The van der Waals surface area contributed by atoms with Gasteiger partial charge in [-0.2, -0.15) is 0 Å². The predicted molar refractivity (Wildman–Crippen MR) is 90.9 cm³/mol. The number of hydrogen-bond donors (Lipinski definition) is 1. The maximum Gasteiger partial charge on any atom is 0.336 e. The zero-order valence-corrected chi connectivity index (χ0v) is 12.7. The molecule has 1 N–H and O–H groups in total. The predicted octanol–water partition coefficient (Wildman–Crippen LogP) is 5.26. The summed E-state index contributed by atoms with van der Waals surface area (Å²) < 4.78 is 14.0. The van der Waals surface area contributed by atoms with Crippen LogP contribution in [0.5, 0.6) is 0 Å². The lowest BCUT2D eigenvalue weighted by Gasteiger charge is -2.09. The lowest BCUT2D eigenvalue weighted by atomic mass is 9.96. The third kappa shape index (κ3) is 2.96. The van der Waals surface area contributed by atoms with E-state index in [2.05, 4.69) is 0 Å². The summed E-state index contributed by atoms with van der Waals surface area (Å²) in [6, 6.07) is 17.1. The van der Waals surface area contributed by atoms with Crippen molar-refractivity contribution in [1.82, 2.24) is 0 Å². The number of aliphatic carboxylic acids is 1. The van der Waals surface area contributed by atoms with E-state index in [1.165, 1.54) is 24.3 Å². The number of rotatable bonds is 3. The van der Waals surface area contributed by atoms with Gasteiger partial charge in [0.25, 0.3) is 0 Å². The number of carboxylic acids is 1. The molecule has 0 saturated heterocycles. The van der Waals surface area contributed by atoms with Gasteiger partial charge in [-0.15, -0.1) is 0 Å². The average Bonchev–Trinajstić information content (AvgIpc) is 2.54. The monoisotopic (exact) mass is 326 g/mol. The Hall–Kier alpha value is -2.65. The second kappa shape index (κ2) is 6.23. The number of carboxylic acid groups (broad SMARTS) is 1. The fourth-order valence-corrected chi connectivity index (χ4v) is 2.73. The van der Waals surface area contributed by atoms with Crippen LogP contribution in [0.1, 0.15) is 11.1 Å². The molecule has 2 nitrogen and oxygen atoms in total. The number of hydrogen-bond acceptors (Lipinski definition) is 1. The first-order chi connectivity index (χ1) is 11.1. The molecule has 0 bridgehead atoms. The Bertz CT molecular complexity index is 906. The SMILES string of the molecule is O=C(O)/C(=C\c1c(F)cccc1Cl)c1cccc2ccccc12. The molecule has 3 aromatic rings. The van der Waals surface area contributed by atoms with E-state index in [0.29, 0.717) is 5.56 Å². The molecule has 0 saturated carbocycles. The summed E-state index contributed by atoms with van der Waals surface area (Å²) in [5, 5.41) is 11.5. The molecule has 0 aliphatic heterocycles. The fraction of sp³-hybridized carbons (Fsp3) is 0. The van der Waals surface area contributed by atoms with Crippen LogP contribution in [0.15, 0.2) is 60.7 Å². The first-order valence-electron chi connectivity index (χ1n) is 6.95. The van der Waals surface area contributed by atoms with Crippen molar-refractivity contribution in [2.75, 3.05) is 0 Å². The lowest BCUT2D eigenvalue weighted by molar-refractivity contribution is -0.130. The minimum absolute atomic E-state index is 0.00574. The smallest absolute Gasteiger partial charge is 0.336 e. The number of fused-ring (bicyclic) bond motifs is 1. The molecule has 0 fully saturated rings. The van der Waals surface area contributed by atoms with Gasteiger partial charge in [0.15, 0.2) is 0 Å². The van der Waals surface area contributed by atoms with Crippen LogP contribution in [0.25, 0.3) is 22.4 Å². The van der Waals surface area contributed by atoms with Crippen LogP contribution in [0.3, 0.4) is 0 Å². The summed E-state index contributed by atoms with van der Waals surface area (Å²) in [6.45, 7) is 0. The Morgan fingerprint density at radius 1 is 1.00 bits per heavy atom. The molecule has 0 amide bonds. The maximum atomic E-state index is 14.0. The van der Waals surface area contributed by atoms with E-state index in [1.54, 1.807) is 12.1 Å². The average molecular weight is 327 g/mol. The van der Waals surface area contributed by atoms with E-state index in [4.69, 9.17) is 11.6 Å². The van der Waals surface area contributed by atoms with Crippen LogP contribution >= 0.6 is 11.6 Å². The van der Waals surface area contributed by atoms with Gasteiger partial charge in [0.05, 0.1) is 10.6 Å². The van der Waals surface area contributed by atoms with Crippen LogP contribution in [-0.2, 0) is 4.79 Å². The highest BCUT2D eigenvalue weighted by atomic mass is 35.5. The molecule has 0 atom stereocenters. The fourth-order valence-electron chi connectivity index (χ4n) is 2.51. The van der Waals surface area contributed by atoms with Gasteiger partial charge in [0.1, 0.15) is 5.82 Å². The summed E-state index contributed by atoms with van der Waals surface area (Å²) in [5.74, 6) is -1.70. The Morgan fingerprint density at radius 2 is 1.70 bits per heavy atom. The Kier molecular flexibility index (Phi) is 4.13.